The van der Waals surface area contributed by atoms with E-state index in [-0.39, 0.29) is 6.09 Å². The van der Waals surface area contributed by atoms with Crippen LogP contribution in [-0.2, 0) is 11.2 Å². The van der Waals surface area contributed by atoms with Crippen LogP contribution >= 0.6 is 11.6 Å². The number of rotatable bonds is 4. The highest BCUT2D eigenvalue weighted by molar-refractivity contribution is 6.29. The predicted octanol–water partition coefficient (Wildman–Crippen LogP) is 4.35. The zero-order chi connectivity index (χ0) is 18.0. The lowest BCUT2D eigenvalue weighted by atomic mass is 9.98. The number of nitrogens with zero attached hydrogens (tertiary/aromatic N) is 3. The largest absolute Gasteiger partial charge is 0.444 e. The van der Waals surface area contributed by atoms with Crippen molar-refractivity contribution in [2.24, 2.45) is 17.8 Å². The van der Waals surface area contributed by atoms with Gasteiger partial charge in [-0.3, -0.25) is 0 Å². The molecule has 1 saturated heterocycles. The highest BCUT2D eigenvalue weighted by Gasteiger charge is 2.42. The molecule has 0 N–H and O–H groups in total. The molecule has 1 aliphatic carbocycles. The second kappa shape index (κ2) is 7.48. The molecular formula is C19H28ClN3O2. The summed E-state index contributed by atoms with van der Waals surface area (Å²) in [5.74, 6) is 2.07. The Kier molecular flexibility index (Phi) is 5.52. The number of ether oxygens (including phenoxy) is 1. The third kappa shape index (κ3) is 5.06. The van der Waals surface area contributed by atoms with E-state index in [1.165, 1.54) is 19.3 Å². The molecular weight excluding hydrogens is 338 g/mol. The number of likely N-dealkylation sites (tertiary alicyclic amines) is 1. The normalized spacial score (nSPS) is 25.9. The molecule has 2 aliphatic rings. The van der Waals surface area contributed by atoms with Gasteiger partial charge in [0.25, 0.3) is 0 Å². The molecule has 5 nitrogen and oxygen atoms in total. The lowest BCUT2D eigenvalue weighted by Crippen LogP contribution is -2.36. The monoisotopic (exact) mass is 365 g/mol. The van der Waals surface area contributed by atoms with Crippen molar-refractivity contribution in [3.05, 3.63) is 23.0 Å². The molecule has 3 atom stereocenters. The fraction of sp³-hybridized carbons (Fsp3) is 0.737. The van der Waals surface area contributed by atoms with Gasteiger partial charge in [-0.15, -0.1) is 5.10 Å². The van der Waals surface area contributed by atoms with Crippen molar-refractivity contribution in [1.29, 1.82) is 0 Å². The van der Waals surface area contributed by atoms with Crippen molar-refractivity contribution in [1.82, 2.24) is 15.1 Å². The van der Waals surface area contributed by atoms with Crippen molar-refractivity contribution < 1.29 is 9.53 Å². The molecule has 0 bridgehead atoms. The van der Waals surface area contributed by atoms with Crippen LogP contribution in [-0.4, -0.2) is 39.9 Å². The first kappa shape index (κ1) is 18.4. The van der Waals surface area contributed by atoms with Gasteiger partial charge in [-0.2, -0.15) is 5.10 Å². The number of carbonyl (C=O) groups excluding carboxylic acids is 1. The van der Waals surface area contributed by atoms with E-state index in [1.807, 2.05) is 31.7 Å². The fourth-order valence-corrected chi connectivity index (χ4v) is 4.29. The maximum atomic E-state index is 12.2. The topological polar surface area (TPSA) is 55.3 Å². The van der Waals surface area contributed by atoms with Crippen LogP contribution in [0.15, 0.2) is 12.1 Å². The summed E-state index contributed by atoms with van der Waals surface area (Å²) in [6.07, 6.45) is 5.63. The standard InChI is InChI=1S/C19H28ClN3O2/c1-19(2,3)25-18(24)23-11-14-9-13(10-15(14)12-23)5-4-6-16-7-8-17(20)22-21-16/h7-8,13-15H,4-6,9-12H2,1-3H3/t13?,14-,15+. The summed E-state index contributed by atoms with van der Waals surface area (Å²) >= 11 is 5.76. The van der Waals surface area contributed by atoms with Crippen LogP contribution in [0.25, 0.3) is 0 Å². The van der Waals surface area contributed by atoms with Crippen LogP contribution in [0.5, 0.6) is 0 Å². The number of hydrogen-bond acceptors (Lipinski definition) is 4. The maximum Gasteiger partial charge on any atom is 0.410 e. The molecule has 1 unspecified atom stereocenters. The minimum Gasteiger partial charge on any atom is -0.444 e. The summed E-state index contributed by atoms with van der Waals surface area (Å²) in [7, 11) is 0. The Balaban J connectivity index is 1.39. The third-order valence-electron chi connectivity index (χ3n) is 5.23. The van der Waals surface area contributed by atoms with E-state index >= 15 is 0 Å². The quantitative estimate of drug-likeness (QED) is 0.796. The number of hydrogen-bond donors (Lipinski definition) is 0. The predicted molar refractivity (Wildman–Crippen MR) is 97.5 cm³/mol. The number of amides is 1. The fourth-order valence-electron chi connectivity index (χ4n) is 4.19. The number of fused-ring (bicyclic) bond motifs is 1. The average Bonchev–Trinajstić information content (AvgIpc) is 3.06. The second-order valence-corrected chi connectivity index (χ2v) is 8.87. The van der Waals surface area contributed by atoms with E-state index < -0.39 is 5.60 Å². The first-order chi connectivity index (χ1) is 11.8. The first-order valence-corrected chi connectivity index (χ1v) is 9.64. The summed E-state index contributed by atoms with van der Waals surface area (Å²) in [6, 6.07) is 3.76. The van der Waals surface area contributed by atoms with Gasteiger partial charge in [0.2, 0.25) is 0 Å². The summed E-state index contributed by atoms with van der Waals surface area (Å²) in [5.41, 5.74) is 0.598. The minimum absolute atomic E-state index is 0.153. The van der Waals surface area contributed by atoms with Gasteiger partial charge in [-0.25, -0.2) is 4.79 Å². The van der Waals surface area contributed by atoms with Gasteiger partial charge >= 0.3 is 6.09 Å². The molecule has 2 fully saturated rings. The van der Waals surface area contributed by atoms with Crippen LogP contribution in [0.1, 0.15) is 52.1 Å². The summed E-state index contributed by atoms with van der Waals surface area (Å²) in [4.78, 5) is 14.1. The molecule has 0 spiro atoms. The summed E-state index contributed by atoms with van der Waals surface area (Å²) in [6.45, 7) is 7.48. The second-order valence-electron chi connectivity index (χ2n) is 8.48. The van der Waals surface area contributed by atoms with Crippen molar-refractivity contribution in [2.45, 2.75) is 58.5 Å². The Morgan fingerprint density at radius 3 is 2.48 bits per heavy atom. The van der Waals surface area contributed by atoms with E-state index in [1.54, 1.807) is 6.07 Å². The molecule has 1 amide bonds. The molecule has 1 saturated carbocycles. The molecule has 2 heterocycles. The third-order valence-corrected chi connectivity index (χ3v) is 5.43. The SMILES string of the molecule is CC(C)(C)OC(=O)N1C[C@H]2CC(CCCc3ccc(Cl)nn3)C[C@H]2C1. The smallest absolute Gasteiger partial charge is 0.410 e. The Morgan fingerprint density at radius 2 is 1.92 bits per heavy atom. The van der Waals surface area contributed by atoms with Gasteiger partial charge in [0.05, 0.1) is 5.69 Å². The number of aryl methyl sites for hydroxylation is 1. The average molecular weight is 366 g/mol. The van der Waals surface area contributed by atoms with Crippen LogP contribution in [0.4, 0.5) is 4.79 Å². The van der Waals surface area contributed by atoms with E-state index in [4.69, 9.17) is 16.3 Å². The Labute approximate surface area is 155 Å². The highest BCUT2D eigenvalue weighted by atomic mass is 35.5. The molecule has 1 aromatic heterocycles. The molecule has 138 valence electrons. The minimum atomic E-state index is -0.415. The van der Waals surface area contributed by atoms with Gasteiger partial charge < -0.3 is 9.64 Å². The molecule has 1 aromatic rings. The number of halogens is 1. The van der Waals surface area contributed by atoms with Crippen molar-refractivity contribution >= 4 is 17.7 Å². The van der Waals surface area contributed by atoms with Gasteiger partial charge in [0.1, 0.15) is 5.60 Å². The molecule has 25 heavy (non-hydrogen) atoms. The van der Waals surface area contributed by atoms with Gasteiger partial charge in [-0.05, 0) is 76.3 Å². The van der Waals surface area contributed by atoms with Crippen LogP contribution < -0.4 is 0 Å². The van der Waals surface area contributed by atoms with Crippen molar-refractivity contribution in [2.75, 3.05) is 13.1 Å². The highest BCUT2D eigenvalue weighted by Crippen LogP contribution is 2.43. The lowest BCUT2D eigenvalue weighted by Gasteiger charge is -2.25. The maximum absolute atomic E-state index is 12.2. The Hall–Kier alpha value is -1.36. The Morgan fingerprint density at radius 1 is 1.24 bits per heavy atom. The summed E-state index contributed by atoms with van der Waals surface area (Å²) in [5, 5.41) is 8.46. The molecule has 6 heteroatoms. The van der Waals surface area contributed by atoms with Crippen molar-refractivity contribution in [3.63, 3.8) is 0 Å². The molecule has 1 aliphatic heterocycles. The van der Waals surface area contributed by atoms with Crippen LogP contribution in [0.2, 0.25) is 5.15 Å². The van der Waals surface area contributed by atoms with E-state index in [0.29, 0.717) is 17.0 Å². The van der Waals surface area contributed by atoms with E-state index in [2.05, 4.69) is 10.2 Å². The molecule has 3 rings (SSSR count). The van der Waals surface area contributed by atoms with Crippen LogP contribution in [0, 0.1) is 17.8 Å². The molecule has 0 radical (unpaired) electrons. The number of aromatic nitrogens is 2. The molecule has 0 aromatic carbocycles. The number of carbonyl (C=O) groups is 1. The zero-order valence-electron chi connectivity index (χ0n) is 15.4. The summed E-state index contributed by atoms with van der Waals surface area (Å²) < 4.78 is 5.50. The van der Waals surface area contributed by atoms with Crippen molar-refractivity contribution in [3.8, 4) is 0 Å². The van der Waals surface area contributed by atoms with E-state index in [0.717, 1.165) is 37.5 Å². The lowest BCUT2D eigenvalue weighted by molar-refractivity contribution is 0.0277. The Bertz CT molecular complexity index is 586. The van der Waals surface area contributed by atoms with Gasteiger partial charge in [0.15, 0.2) is 5.15 Å². The van der Waals surface area contributed by atoms with Gasteiger partial charge in [-0.1, -0.05) is 18.0 Å². The first-order valence-electron chi connectivity index (χ1n) is 9.26. The zero-order valence-corrected chi connectivity index (χ0v) is 16.1. The van der Waals surface area contributed by atoms with Crippen LogP contribution in [0.3, 0.4) is 0 Å². The van der Waals surface area contributed by atoms with Gasteiger partial charge in [0, 0.05) is 13.1 Å². The van der Waals surface area contributed by atoms with E-state index in [9.17, 15) is 4.79 Å².